The van der Waals surface area contributed by atoms with Crippen LogP contribution in [0.15, 0.2) is 46.9 Å². The average Bonchev–Trinajstić information content (AvgIpc) is 2.25. The van der Waals surface area contributed by atoms with E-state index < -0.39 is 0 Å². The Labute approximate surface area is 107 Å². The molecular formula is C13H11BrFNO. The molecule has 2 N–H and O–H groups in total. The van der Waals surface area contributed by atoms with Crippen LogP contribution in [-0.4, -0.2) is 0 Å². The molecule has 2 nitrogen and oxygen atoms in total. The lowest BCUT2D eigenvalue weighted by Crippen LogP contribution is -1.98. The maximum atomic E-state index is 13.1. The number of nitrogen functional groups attached to an aromatic ring is 1. The highest BCUT2D eigenvalue weighted by atomic mass is 79.9. The molecule has 0 saturated heterocycles. The molecular weight excluding hydrogens is 285 g/mol. The van der Waals surface area contributed by atoms with Crippen LogP contribution in [0.4, 0.5) is 10.1 Å². The Balaban J connectivity index is 2.07. The first-order chi connectivity index (χ1) is 8.13. The molecule has 0 fully saturated rings. The Morgan fingerprint density at radius 1 is 1.18 bits per heavy atom. The normalized spacial score (nSPS) is 10.2. The first-order valence-electron chi connectivity index (χ1n) is 5.07. The van der Waals surface area contributed by atoms with E-state index in [0.717, 1.165) is 10.2 Å². The molecule has 0 bridgehead atoms. The fourth-order valence-corrected chi connectivity index (χ4v) is 1.86. The molecule has 0 saturated carbocycles. The van der Waals surface area contributed by atoms with E-state index in [9.17, 15) is 4.39 Å². The molecule has 0 aliphatic carbocycles. The molecule has 4 heteroatoms. The molecule has 0 aliphatic heterocycles. The molecule has 17 heavy (non-hydrogen) atoms. The summed E-state index contributed by atoms with van der Waals surface area (Å²) in [5.74, 6) is 0.375. The monoisotopic (exact) mass is 295 g/mol. The Morgan fingerprint density at radius 3 is 2.71 bits per heavy atom. The van der Waals surface area contributed by atoms with E-state index in [0.29, 0.717) is 17.9 Å². The summed E-state index contributed by atoms with van der Waals surface area (Å²) in [7, 11) is 0. The molecule has 2 aromatic rings. The van der Waals surface area contributed by atoms with E-state index in [4.69, 9.17) is 10.5 Å². The third kappa shape index (κ3) is 3.46. The molecule has 0 aliphatic rings. The van der Waals surface area contributed by atoms with Gasteiger partial charge in [0.05, 0.1) is 0 Å². The number of halogens is 2. The second kappa shape index (κ2) is 5.19. The van der Waals surface area contributed by atoms with E-state index in [2.05, 4.69) is 15.9 Å². The largest absolute Gasteiger partial charge is 0.489 e. The second-order valence-corrected chi connectivity index (χ2v) is 4.55. The minimum Gasteiger partial charge on any atom is -0.489 e. The molecule has 0 heterocycles. The van der Waals surface area contributed by atoms with Crippen molar-refractivity contribution in [2.75, 3.05) is 5.73 Å². The van der Waals surface area contributed by atoms with Gasteiger partial charge in [-0.25, -0.2) is 4.39 Å². The molecule has 0 unspecified atom stereocenters. The minimum atomic E-state index is -0.349. The summed E-state index contributed by atoms with van der Waals surface area (Å²) < 4.78 is 19.5. The zero-order chi connectivity index (χ0) is 12.3. The van der Waals surface area contributed by atoms with Crippen molar-refractivity contribution in [1.82, 2.24) is 0 Å². The number of anilines is 1. The maximum absolute atomic E-state index is 13.1. The van der Waals surface area contributed by atoms with Crippen molar-refractivity contribution in [3.63, 3.8) is 0 Å². The van der Waals surface area contributed by atoms with Crippen molar-refractivity contribution >= 4 is 21.6 Å². The quantitative estimate of drug-likeness (QED) is 0.875. The van der Waals surface area contributed by atoms with Crippen LogP contribution in [0, 0.1) is 5.82 Å². The van der Waals surface area contributed by atoms with Crippen LogP contribution in [0.5, 0.6) is 5.75 Å². The lowest BCUT2D eigenvalue weighted by atomic mass is 10.2. The Morgan fingerprint density at radius 2 is 2.00 bits per heavy atom. The maximum Gasteiger partial charge on any atom is 0.125 e. The molecule has 0 atom stereocenters. The van der Waals surface area contributed by atoms with Gasteiger partial charge in [0.2, 0.25) is 0 Å². The van der Waals surface area contributed by atoms with Crippen LogP contribution < -0.4 is 10.5 Å². The van der Waals surface area contributed by atoms with Crippen molar-refractivity contribution in [1.29, 1.82) is 0 Å². The SMILES string of the molecule is Nc1cc(F)cc(COc2cccc(Br)c2)c1. The van der Waals surface area contributed by atoms with Crippen molar-refractivity contribution in [2.24, 2.45) is 0 Å². The Bertz CT molecular complexity index is 510. The molecule has 0 radical (unpaired) electrons. The zero-order valence-electron chi connectivity index (χ0n) is 8.99. The van der Waals surface area contributed by atoms with E-state index >= 15 is 0 Å². The first-order valence-corrected chi connectivity index (χ1v) is 5.86. The summed E-state index contributed by atoms with van der Waals surface area (Å²) >= 11 is 3.35. The lowest BCUT2D eigenvalue weighted by molar-refractivity contribution is 0.305. The van der Waals surface area contributed by atoms with Gasteiger partial charge in [0.25, 0.3) is 0 Å². The van der Waals surface area contributed by atoms with Crippen LogP contribution in [0.3, 0.4) is 0 Å². The van der Waals surface area contributed by atoms with E-state index in [1.165, 1.54) is 12.1 Å². The van der Waals surface area contributed by atoms with E-state index in [1.807, 2.05) is 24.3 Å². The zero-order valence-corrected chi connectivity index (χ0v) is 10.6. The van der Waals surface area contributed by atoms with Crippen molar-refractivity contribution < 1.29 is 9.13 Å². The molecule has 88 valence electrons. The van der Waals surface area contributed by atoms with Gasteiger partial charge in [0, 0.05) is 10.2 Å². The van der Waals surface area contributed by atoms with E-state index in [1.54, 1.807) is 6.07 Å². The number of benzene rings is 2. The third-order valence-corrected chi connectivity index (χ3v) is 2.67. The summed E-state index contributed by atoms with van der Waals surface area (Å²) in [6.45, 7) is 0.290. The van der Waals surface area contributed by atoms with Crippen molar-refractivity contribution in [3.8, 4) is 5.75 Å². The number of ether oxygens (including phenoxy) is 1. The summed E-state index contributed by atoms with van der Waals surface area (Å²) in [5, 5.41) is 0. The van der Waals surface area contributed by atoms with Crippen LogP contribution in [0.2, 0.25) is 0 Å². The number of hydrogen-bond acceptors (Lipinski definition) is 2. The fourth-order valence-electron chi connectivity index (χ4n) is 1.48. The topological polar surface area (TPSA) is 35.2 Å². The van der Waals surface area contributed by atoms with Gasteiger partial charge in [-0.05, 0) is 42.0 Å². The average molecular weight is 296 g/mol. The molecule has 0 spiro atoms. The van der Waals surface area contributed by atoms with Gasteiger partial charge in [-0.3, -0.25) is 0 Å². The lowest BCUT2D eigenvalue weighted by Gasteiger charge is -2.07. The first kappa shape index (κ1) is 11.9. The Kier molecular flexibility index (Phi) is 3.64. The predicted octanol–water partition coefficient (Wildman–Crippen LogP) is 3.75. The summed E-state index contributed by atoms with van der Waals surface area (Å²) in [4.78, 5) is 0. The highest BCUT2D eigenvalue weighted by molar-refractivity contribution is 9.10. The standard InChI is InChI=1S/C13H11BrFNO/c14-10-2-1-3-13(6-10)17-8-9-4-11(15)7-12(16)5-9/h1-7H,8,16H2. The van der Waals surface area contributed by atoms with Gasteiger partial charge in [0.15, 0.2) is 0 Å². The number of hydrogen-bond donors (Lipinski definition) is 1. The minimum absolute atomic E-state index is 0.290. The van der Waals surface area contributed by atoms with Crippen LogP contribution in [0.25, 0.3) is 0 Å². The van der Waals surface area contributed by atoms with Crippen LogP contribution in [0.1, 0.15) is 5.56 Å². The second-order valence-electron chi connectivity index (χ2n) is 3.64. The van der Waals surface area contributed by atoms with Gasteiger partial charge in [-0.15, -0.1) is 0 Å². The van der Waals surface area contributed by atoms with Gasteiger partial charge < -0.3 is 10.5 Å². The third-order valence-electron chi connectivity index (χ3n) is 2.18. The Hall–Kier alpha value is -1.55. The van der Waals surface area contributed by atoms with Gasteiger partial charge >= 0.3 is 0 Å². The molecule has 0 amide bonds. The summed E-state index contributed by atoms with van der Waals surface area (Å²) in [6.07, 6.45) is 0. The number of nitrogens with two attached hydrogens (primary N) is 1. The number of rotatable bonds is 3. The van der Waals surface area contributed by atoms with E-state index in [-0.39, 0.29) is 5.82 Å². The van der Waals surface area contributed by atoms with Crippen LogP contribution in [-0.2, 0) is 6.61 Å². The fraction of sp³-hybridized carbons (Fsp3) is 0.0769. The molecule has 2 aromatic carbocycles. The summed E-state index contributed by atoms with van der Waals surface area (Å²) in [5.41, 5.74) is 6.66. The van der Waals surface area contributed by atoms with Gasteiger partial charge in [-0.1, -0.05) is 22.0 Å². The van der Waals surface area contributed by atoms with Crippen LogP contribution >= 0.6 is 15.9 Å². The molecule has 0 aromatic heterocycles. The highest BCUT2D eigenvalue weighted by Gasteiger charge is 2.00. The van der Waals surface area contributed by atoms with Crippen molar-refractivity contribution in [2.45, 2.75) is 6.61 Å². The smallest absolute Gasteiger partial charge is 0.125 e. The van der Waals surface area contributed by atoms with Crippen molar-refractivity contribution in [3.05, 3.63) is 58.3 Å². The summed E-state index contributed by atoms with van der Waals surface area (Å²) in [6, 6.07) is 11.9. The highest BCUT2D eigenvalue weighted by Crippen LogP contribution is 2.19. The van der Waals surface area contributed by atoms with Gasteiger partial charge in [-0.2, -0.15) is 0 Å². The molecule has 2 rings (SSSR count). The van der Waals surface area contributed by atoms with Gasteiger partial charge in [0.1, 0.15) is 18.2 Å². The predicted molar refractivity (Wildman–Crippen MR) is 69.3 cm³/mol.